The summed E-state index contributed by atoms with van der Waals surface area (Å²) in [7, 11) is 0. The molecule has 3 rings (SSSR count). The zero-order valence-corrected chi connectivity index (χ0v) is 12.0. The molecular weight excluding hydrogens is 254 g/mol. The molecule has 1 aromatic heterocycles. The number of hydrogen-bond acceptors (Lipinski definition) is 4. The Kier molecular flexibility index (Phi) is 4.06. The van der Waals surface area contributed by atoms with Gasteiger partial charge in [-0.1, -0.05) is 6.92 Å². The van der Waals surface area contributed by atoms with Crippen molar-refractivity contribution in [3.8, 4) is 0 Å². The van der Waals surface area contributed by atoms with E-state index in [2.05, 4.69) is 11.9 Å². The van der Waals surface area contributed by atoms with Crippen LogP contribution in [0.3, 0.4) is 0 Å². The number of aryl methyl sites for hydroxylation is 1. The molecule has 0 aromatic carbocycles. The molecule has 4 nitrogen and oxygen atoms in total. The lowest BCUT2D eigenvalue weighted by Gasteiger charge is -2.39. The summed E-state index contributed by atoms with van der Waals surface area (Å²) in [5, 5.41) is 10.8. The van der Waals surface area contributed by atoms with Gasteiger partial charge < -0.3 is 14.6 Å². The number of rotatable bonds is 3. The van der Waals surface area contributed by atoms with Crippen molar-refractivity contribution in [2.24, 2.45) is 5.92 Å². The van der Waals surface area contributed by atoms with Crippen LogP contribution in [0.1, 0.15) is 43.4 Å². The van der Waals surface area contributed by atoms with E-state index in [0.717, 1.165) is 50.0 Å². The minimum absolute atomic E-state index is 0.149. The molecule has 3 unspecified atom stereocenters. The molecule has 2 aliphatic heterocycles. The number of hydrogen-bond donors (Lipinski definition) is 1. The normalized spacial score (nSPS) is 31.6. The van der Waals surface area contributed by atoms with Crippen molar-refractivity contribution < 1.29 is 14.6 Å². The summed E-state index contributed by atoms with van der Waals surface area (Å²) in [5.74, 6) is 0.248. The largest absolute Gasteiger partial charge is 0.388 e. The van der Waals surface area contributed by atoms with E-state index in [-0.39, 0.29) is 11.5 Å². The number of aliphatic hydroxyl groups excluding tert-OH is 1. The van der Waals surface area contributed by atoms with Crippen molar-refractivity contribution >= 4 is 0 Å². The second kappa shape index (κ2) is 5.80. The predicted octanol–water partition coefficient (Wildman–Crippen LogP) is 2.26. The first kappa shape index (κ1) is 14.0. The molecule has 3 heterocycles. The maximum atomic E-state index is 10.8. The number of aromatic nitrogens is 1. The Morgan fingerprint density at radius 2 is 2.40 bits per heavy atom. The van der Waals surface area contributed by atoms with Gasteiger partial charge in [-0.3, -0.25) is 4.98 Å². The van der Waals surface area contributed by atoms with Gasteiger partial charge in [0.1, 0.15) is 0 Å². The van der Waals surface area contributed by atoms with Crippen molar-refractivity contribution in [1.29, 1.82) is 0 Å². The van der Waals surface area contributed by atoms with E-state index in [4.69, 9.17) is 9.47 Å². The highest BCUT2D eigenvalue weighted by Crippen LogP contribution is 2.41. The molecule has 0 amide bonds. The molecule has 110 valence electrons. The van der Waals surface area contributed by atoms with Crippen molar-refractivity contribution in [3.05, 3.63) is 29.6 Å². The molecule has 1 aromatic rings. The highest BCUT2D eigenvalue weighted by atomic mass is 16.6. The van der Waals surface area contributed by atoms with Crippen LogP contribution in [0.15, 0.2) is 18.5 Å². The molecule has 0 bridgehead atoms. The second-order valence-corrected chi connectivity index (χ2v) is 5.96. The zero-order valence-electron chi connectivity index (χ0n) is 12.0. The lowest BCUT2D eigenvalue weighted by atomic mass is 9.79. The average molecular weight is 277 g/mol. The fourth-order valence-electron chi connectivity index (χ4n) is 3.47. The van der Waals surface area contributed by atoms with Crippen LogP contribution in [0, 0.1) is 5.92 Å². The highest BCUT2D eigenvalue weighted by molar-refractivity contribution is 5.26. The minimum atomic E-state index is -0.422. The van der Waals surface area contributed by atoms with Gasteiger partial charge in [0.25, 0.3) is 0 Å². The summed E-state index contributed by atoms with van der Waals surface area (Å²) in [5.41, 5.74) is 2.02. The summed E-state index contributed by atoms with van der Waals surface area (Å²) in [6.45, 7) is 4.27. The van der Waals surface area contributed by atoms with Gasteiger partial charge in [0, 0.05) is 32.0 Å². The van der Waals surface area contributed by atoms with Gasteiger partial charge in [-0.15, -0.1) is 0 Å². The van der Waals surface area contributed by atoms with Crippen LogP contribution in [0.2, 0.25) is 0 Å². The fourth-order valence-corrected chi connectivity index (χ4v) is 3.47. The predicted molar refractivity (Wildman–Crippen MR) is 75.4 cm³/mol. The topological polar surface area (TPSA) is 51.6 Å². The molecule has 2 aliphatic rings. The van der Waals surface area contributed by atoms with E-state index in [0.29, 0.717) is 6.61 Å². The van der Waals surface area contributed by atoms with Crippen LogP contribution in [-0.2, 0) is 15.9 Å². The maximum absolute atomic E-state index is 10.8. The SMILES string of the molecule is CCc1cnccc1C(O)C1CCOC2(CCOC2)C1. The van der Waals surface area contributed by atoms with Crippen molar-refractivity contribution in [2.45, 2.75) is 44.3 Å². The lowest BCUT2D eigenvalue weighted by molar-refractivity contribution is -0.117. The third kappa shape index (κ3) is 2.60. The molecule has 4 heteroatoms. The highest BCUT2D eigenvalue weighted by Gasteiger charge is 2.43. The smallest absolute Gasteiger partial charge is 0.0940 e. The molecule has 1 N–H and O–H groups in total. The summed E-state index contributed by atoms with van der Waals surface area (Å²) < 4.78 is 11.5. The van der Waals surface area contributed by atoms with Crippen LogP contribution in [0.4, 0.5) is 0 Å². The van der Waals surface area contributed by atoms with E-state index < -0.39 is 6.10 Å². The number of pyridine rings is 1. The van der Waals surface area contributed by atoms with Crippen LogP contribution in [-0.4, -0.2) is 35.5 Å². The minimum Gasteiger partial charge on any atom is -0.388 e. The van der Waals surface area contributed by atoms with Crippen LogP contribution < -0.4 is 0 Å². The number of aliphatic hydroxyl groups is 1. The van der Waals surface area contributed by atoms with E-state index in [1.54, 1.807) is 6.20 Å². The van der Waals surface area contributed by atoms with E-state index in [1.165, 1.54) is 0 Å². The Balaban J connectivity index is 1.77. The number of nitrogens with zero attached hydrogens (tertiary/aromatic N) is 1. The van der Waals surface area contributed by atoms with Crippen molar-refractivity contribution in [2.75, 3.05) is 19.8 Å². The van der Waals surface area contributed by atoms with Gasteiger partial charge in [0.15, 0.2) is 0 Å². The Morgan fingerprint density at radius 3 is 3.15 bits per heavy atom. The van der Waals surface area contributed by atoms with Gasteiger partial charge in [-0.2, -0.15) is 0 Å². The molecule has 0 aliphatic carbocycles. The van der Waals surface area contributed by atoms with Crippen LogP contribution in [0.5, 0.6) is 0 Å². The summed E-state index contributed by atoms with van der Waals surface area (Å²) in [4.78, 5) is 4.16. The Morgan fingerprint density at radius 1 is 1.50 bits per heavy atom. The number of ether oxygens (including phenoxy) is 2. The van der Waals surface area contributed by atoms with Gasteiger partial charge in [-0.05, 0) is 42.4 Å². The van der Waals surface area contributed by atoms with Gasteiger partial charge in [0.2, 0.25) is 0 Å². The summed E-state index contributed by atoms with van der Waals surface area (Å²) in [6, 6.07) is 1.96. The Labute approximate surface area is 120 Å². The standard InChI is InChI=1S/C16H23NO3/c1-2-12-10-17-6-3-14(12)15(18)13-4-7-20-16(9-13)5-8-19-11-16/h3,6,10,13,15,18H,2,4-5,7-9,11H2,1H3. The summed E-state index contributed by atoms with van der Waals surface area (Å²) >= 11 is 0. The first-order valence-corrected chi connectivity index (χ1v) is 7.57. The molecule has 2 fully saturated rings. The van der Waals surface area contributed by atoms with E-state index in [1.807, 2.05) is 12.3 Å². The monoisotopic (exact) mass is 277 g/mol. The van der Waals surface area contributed by atoms with Gasteiger partial charge in [-0.25, -0.2) is 0 Å². The van der Waals surface area contributed by atoms with Gasteiger partial charge in [0.05, 0.1) is 18.3 Å². The molecular formula is C16H23NO3. The fraction of sp³-hybridized carbons (Fsp3) is 0.688. The lowest BCUT2D eigenvalue weighted by Crippen LogP contribution is -2.42. The molecule has 2 saturated heterocycles. The Hall–Kier alpha value is -0.970. The van der Waals surface area contributed by atoms with Crippen molar-refractivity contribution in [1.82, 2.24) is 4.98 Å². The first-order chi connectivity index (χ1) is 9.74. The zero-order chi connectivity index (χ0) is 14.0. The quantitative estimate of drug-likeness (QED) is 0.921. The Bertz CT molecular complexity index is 457. The first-order valence-electron chi connectivity index (χ1n) is 7.57. The average Bonchev–Trinajstić information content (AvgIpc) is 2.94. The van der Waals surface area contributed by atoms with E-state index >= 15 is 0 Å². The molecule has 20 heavy (non-hydrogen) atoms. The molecule has 3 atom stereocenters. The summed E-state index contributed by atoms with van der Waals surface area (Å²) in [6.07, 6.45) is 6.87. The maximum Gasteiger partial charge on any atom is 0.0940 e. The van der Waals surface area contributed by atoms with E-state index in [9.17, 15) is 5.11 Å². The molecule has 1 spiro atoms. The third-order valence-electron chi connectivity index (χ3n) is 4.69. The molecule has 0 saturated carbocycles. The van der Waals surface area contributed by atoms with Gasteiger partial charge >= 0.3 is 0 Å². The second-order valence-electron chi connectivity index (χ2n) is 5.96. The van der Waals surface area contributed by atoms with Crippen LogP contribution >= 0.6 is 0 Å². The van der Waals surface area contributed by atoms with Crippen LogP contribution in [0.25, 0.3) is 0 Å². The van der Waals surface area contributed by atoms with Crippen molar-refractivity contribution in [3.63, 3.8) is 0 Å². The molecule has 0 radical (unpaired) electrons. The third-order valence-corrected chi connectivity index (χ3v) is 4.69.